The molecule has 0 aliphatic heterocycles. The van der Waals surface area contributed by atoms with Gasteiger partial charge in [-0.3, -0.25) is 4.79 Å². The summed E-state index contributed by atoms with van der Waals surface area (Å²) in [6.45, 7) is 5.60. The van der Waals surface area contributed by atoms with Crippen molar-refractivity contribution >= 4 is 5.91 Å². The lowest BCUT2D eigenvalue weighted by Gasteiger charge is -2.19. The quantitative estimate of drug-likeness (QED) is 0.641. The molecule has 140 valence electrons. The lowest BCUT2D eigenvalue weighted by Crippen LogP contribution is -2.88. The third-order valence-electron chi connectivity index (χ3n) is 4.21. The summed E-state index contributed by atoms with van der Waals surface area (Å²) in [5, 5.41) is 4.99. The predicted octanol–water partition coefficient (Wildman–Crippen LogP) is 2.15. The Morgan fingerprint density at radius 2 is 1.69 bits per heavy atom. The van der Waals surface area contributed by atoms with Crippen LogP contribution >= 0.6 is 0 Å². The monoisotopic (exact) mass is 357 g/mol. The van der Waals surface area contributed by atoms with Gasteiger partial charge in [-0.2, -0.15) is 0 Å². The van der Waals surface area contributed by atoms with Crippen LogP contribution in [0.3, 0.4) is 0 Å². The first-order valence-corrected chi connectivity index (χ1v) is 9.02. The highest BCUT2D eigenvalue weighted by molar-refractivity contribution is 5.76. The van der Waals surface area contributed by atoms with E-state index in [1.54, 1.807) is 7.11 Å². The molecule has 1 atom stereocenters. The highest BCUT2D eigenvalue weighted by Gasteiger charge is 2.19. The van der Waals surface area contributed by atoms with Gasteiger partial charge in [-0.15, -0.1) is 0 Å². The highest BCUT2D eigenvalue weighted by Crippen LogP contribution is 2.25. The van der Waals surface area contributed by atoms with E-state index in [2.05, 4.69) is 36.6 Å². The van der Waals surface area contributed by atoms with Gasteiger partial charge >= 0.3 is 0 Å². The van der Waals surface area contributed by atoms with Gasteiger partial charge in [-0.05, 0) is 12.1 Å². The fraction of sp³-hybridized carbons (Fsp3) is 0.381. The number of benzene rings is 2. The maximum atomic E-state index is 12.1. The molecule has 0 bridgehead atoms. The van der Waals surface area contributed by atoms with Crippen LogP contribution in [0.2, 0.25) is 0 Å². The van der Waals surface area contributed by atoms with Crippen molar-refractivity contribution in [3.8, 4) is 11.5 Å². The molecule has 3 N–H and O–H groups in total. The number of para-hydroxylation sites is 2. The molecule has 0 aromatic heterocycles. The number of quaternary nitrogens is 1. The van der Waals surface area contributed by atoms with E-state index in [1.165, 1.54) is 5.56 Å². The zero-order valence-electron chi connectivity index (χ0n) is 15.8. The van der Waals surface area contributed by atoms with Crippen LogP contribution in [0.25, 0.3) is 0 Å². The highest BCUT2D eigenvalue weighted by atomic mass is 16.5. The van der Waals surface area contributed by atoms with Gasteiger partial charge in [0.05, 0.1) is 13.7 Å². The van der Waals surface area contributed by atoms with Crippen molar-refractivity contribution < 1.29 is 19.6 Å². The van der Waals surface area contributed by atoms with Gasteiger partial charge in [-0.25, -0.2) is 0 Å². The Kier molecular flexibility index (Phi) is 7.96. The summed E-state index contributed by atoms with van der Waals surface area (Å²) in [5.74, 6) is 1.82. The molecule has 0 unspecified atom stereocenters. The van der Waals surface area contributed by atoms with Crippen LogP contribution in [-0.4, -0.2) is 32.7 Å². The summed E-state index contributed by atoms with van der Waals surface area (Å²) >= 11 is 0. The van der Waals surface area contributed by atoms with Crippen LogP contribution in [0.4, 0.5) is 0 Å². The molecule has 2 aromatic carbocycles. The second-order valence-electron chi connectivity index (χ2n) is 6.47. The van der Waals surface area contributed by atoms with Crippen LogP contribution in [0.15, 0.2) is 54.6 Å². The lowest BCUT2D eigenvalue weighted by molar-refractivity contribution is -0.692. The van der Waals surface area contributed by atoms with Crippen LogP contribution in [-0.2, 0) is 4.79 Å². The topological polar surface area (TPSA) is 64.2 Å². The fourth-order valence-corrected chi connectivity index (χ4v) is 2.86. The molecule has 0 saturated heterocycles. The van der Waals surface area contributed by atoms with Crippen molar-refractivity contribution in [3.05, 3.63) is 60.2 Å². The number of hydrogen-bond donors (Lipinski definition) is 2. The summed E-state index contributed by atoms with van der Waals surface area (Å²) in [7, 11) is 1.61. The van der Waals surface area contributed by atoms with E-state index in [9.17, 15) is 4.79 Å². The number of hydrogen-bond acceptors (Lipinski definition) is 3. The zero-order chi connectivity index (χ0) is 18.8. The maximum Gasteiger partial charge on any atom is 0.275 e. The van der Waals surface area contributed by atoms with Crippen molar-refractivity contribution in [1.29, 1.82) is 0 Å². The molecule has 0 heterocycles. The second kappa shape index (κ2) is 10.5. The minimum Gasteiger partial charge on any atom is -0.493 e. The van der Waals surface area contributed by atoms with Crippen LogP contribution in [0, 0.1) is 5.92 Å². The van der Waals surface area contributed by atoms with Crippen molar-refractivity contribution in [2.24, 2.45) is 5.92 Å². The average Bonchev–Trinajstić information content (AvgIpc) is 2.66. The maximum absolute atomic E-state index is 12.1. The van der Waals surface area contributed by atoms with Crippen LogP contribution in [0.5, 0.6) is 11.5 Å². The number of methoxy groups -OCH3 is 1. The number of carbonyl (C=O) groups excluding carboxylic acids is 1. The summed E-state index contributed by atoms with van der Waals surface area (Å²) in [5.41, 5.74) is 1.25. The molecule has 0 saturated carbocycles. The third-order valence-corrected chi connectivity index (χ3v) is 4.21. The minimum absolute atomic E-state index is 0.00945. The van der Waals surface area contributed by atoms with Crippen molar-refractivity contribution in [1.82, 2.24) is 5.32 Å². The van der Waals surface area contributed by atoms with Gasteiger partial charge < -0.3 is 20.1 Å². The first kappa shape index (κ1) is 19.8. The summed E-state index contributed by atoms with van der Waals surface area (Å²) in [6.07, 6.45) is 0. The van der Waals surface area contributed by atoms with E-state index >= 15 is 0 Å². The molecule has 0 fully saturated rings. The molecule has 2 rings (SSSR count). The summed E-state index contributed by atoms with van der Waals surface area (Å²) in [4.78, 5) is 12.1. The zero-order valence-corrected chi connectivity index (χ0v) is 15.8. The lowest BCUT2D eigenvalue weighted by atomic mass is 9.96. The number of nitrogens with two attached hydrogens (primary N) is 1. The SMILES string of the molecule is COc1ccccc1OCCNC(=O)C[NH2+][C@H](c1ccccc1)C(C)C. The number of carbonyl (C=O) groups is 1. The summed E-state index contributed by atoms with van der Waals surface area (Å²) in [6, 6.07) is 18.0. The number of rotatable bonds is 10. The van der Waals surface area contributed by atoms with E-state index in [0.29, 0.717) is 37.1 Å². The number of ether oxygens (including phenoxy) is 2. The van der Waals surface area contributed by atoms with Gasteiger partial charge in [0.25, 0.3) is 5.91 Å². The van der Waals surface area contributed by atoms with Gasteiger partial charge in [0.15, 0.2) is 18.0 Å². The fourth-order valence-electron chi connectivity index (χ4n) is 2.86. The van der Waals surface area contributed by atoms with Crippen molar-refractivity contribution in [2.75, 3.05) is 26.8 Å². The Labute approximate surface area is 155 Å². The van der Waals surface area contributed by atoms with Crippen LogP contribution in [0.1, 0.15) is 25.5 Å². The predicted molar refractivity (Wildman–Crippen MR) is 102 cm³/mol. The molecule has 5 heteroatoms. The van der Waals surface area contributed by atoms with Gasteiger partial charge in [0, 0.05) is 11.5 Å². The first-order chi connectivity index (χ1) is 12.6. The largest absolute Gasteiger partial charge is 0.493 e. The van der Waals surface area contributed by atoms with E-state index in [1.807, 2.05) is 42.5 Å². The van der Waals surface area contributed by atoms with E-state index in [-0.39, 0.29) is 11.9 Å². The molecule has 1 amide bonds. The van der Waals surface area contributed by atoms with Gasteiger partial charge in [-0.1, -0.05) is 56.3 Å². The average molecular weight is 357 g/mol. The molecule has 0 spiro atoms. The Bertz CT molecular complexity index is 674. The smallest absolute Gasteiger partial charge is 0.275 e. The number of amides is 1. The standard InChI is InChI=1S/C21H28N2O3/c1-16(2)21(17-9-5-4-6-10-17)23-15-20(24)22-13-14-26-19-12-8-7-11-18(19)25-3/h4-12,16,21,23H,13-15H2,1-3H3,(H,22,24)/p+1/t21-/m0/s1. The Morgan fingerprint density at radius 1 is 1.04 bits per heavy atom. The van der Waals surface area contributed by atoms with Crippen molar-refractivity contribution in [2.45, 2.75) is 19.9 Å². The Hall–Kier alpha value is -2.53. The van der Waals surface area contributed by atoms with Crippen LogP contribution < -0.4 is 20.1 Å². The third kappa shape index (κ3) is 6.08. The van der Waals surface area contributed by atoms with E-state index in [0.717, 1.165) is 0 Å². The molecule has 26 heavy (non-hydrogen) atoms. The molecule has 5 nitrogen and oxygen atoms in total. The minimum atomic E-state index is 0.00945. The van der Waals surface area contributed by atoms with Gasteiger partial charge in [0.2, 0.25) is 0 Å². The molecule has 0 radical (unpaired) electrons. The summed E-state index contributed by atoms with van der Waals surface area (Å²) < 4.78 is 10.9. The first-order valence-electron chi connectivity index (χ1n) is 9.02. The molecular weight excluding hydrogens is 328 g/mol. The molecule has 0 aliphatic rings. The normalized spacial score (nSPS) is 11.8. The van der Waals surface area contributed by atoms with E-state index < -0.39 is 0 Å². The van der Waals surface area contributed by atoms with E-state index in [4.69, 9.17) is 9.47 Å². The molecule has 2 aromatic rings. The Balaban J connectivity index is 1.73. The molecule has 0 aliphatic carbocycles. The second-order valence-corrected chi connectivity index (χ2v) is 6.47. The number of nitrogens with one attached hydrogen (secondary N) is 1. The van der Waals surface area contributed by atoms with Gasteiger partial charge in [0.1, 0.15) is 12.6 Å². The molecular formula is C21H29N2O3+. The van der Waals surface area contributed by atoms with Crippen molar-refractivity contribution in [3.63, 3.8) is 0 Å². The Morgan fingerprint density at radius 3 is 2.35 bits per heavy atom.